The molecule has 0 spiro atoms. The Morgan fingerprint density at radius 2 is 2.14 bits per heavy atom. The Bertz CT molecular complexity index is 610. The second kappa shape index (κ2) is 7.43. The second-order valence-electron chi connectivity index (χ2n) is 4.95. The fraction of sp³-hybridized carbons (Fsp3) is 0.294. The lowest BCUT2D eigenvalue weighted by atomic mass is 10.1. The average Bonchev–Trinajstić information content (AvgIpc) is 2.48. The van der Waals surface area contributed by atoms with Crippen LogP contribution < -0.4 is 10.6 Å². The van der Waals surface area contributed by atoms with Gasteiger partial charge in [-0.05, 0) is 31.9 Å². The van der Waals surface area contributed by atoms with Crippen molar-refractivity contribution in [3.05, 3.63) is 59.4 Å². The summed E-state index contributed by atoms with van der Waals surface area (Å²) >= 11 is 0. The van der Waals surface area contributed by atoms with Crippen LogP contribution in [0.4, 0.5) is 5.69 Å². The van der Waals surface area contributed by atoms with Gasteiger partial charge in [0, 0.05) is 19.3 Å². The minimum Gasteiger partial charge on any atom is -0.383 e. The van der Waals surface area contributed by atoms with E-state index in [1.54, 1.807) is 18.5 Å². The number of aromatic nitrogens is 1. The number of nitrogens with one attached hydrogen (secondary N) is 2. The van der Waals surface area contributed by atoms with Crippen LogP contribution in [0.5, 0.6) is 0 Å². The van der Waals surface area contributed by atoms with Crippen molar-refractivity contribution in [1.29, 1.82) is 0 Å². The van der Waals surface area contributed by atoms with Gasteiger partial charge < -0.3 is 10.6 Å². The lowest BCUT2D eigenvalue weighted by molar-refractivity contribution is 0.0955. The van der Waals surface area contributed by atoms with Gasteiger partial charge in [0.15, 0.2) is 0 Å². The van der Waals surface area contributed by atoms with Crippen LogP contribution in [0.2, 0.25) is 0 Å². The van der Waals surface area contributed by atoms with Gasteiger partial charge in [-0.3, -0.25) is 9.78 Å². The number of benzene rings is 1. The number of hydrogen-bond donors (Lipinski definition) is 2. The first-order valence-electron chi connectivity index (χ1n) is 7.22. The summed E-state index contributed by atoms with van der Waals surface area (Å²) in [5.41, 5.74) is 3.88. The van der Waals surface area contributed by atoms with Gasteiger partial charge in [-0.25, -0.2) is 0 Å². The molecule has 2 rings (SSSR count). The maximum absolute atomic E-state index is 12.2. The van der Waals surface area contributed by atoms with Crippen molar-refractivity contribution in [3.63, 3.8) is 0 Å². The number of carbonyl (C=O) groups is 1. The molecular formula is C17H21N3O. The summed E-state index contributed by atoms with van der Waals surface area (Å²) < 4.78 is 0. The quantitative estimate of drug-likeness (QED) is 0.857. The fourth-order valence-corrected chi connectivity index (χ4v) is 2.21. The van der Waals surface area contributed by atoms with Gasteiger partial charge in [-0.2, -0.15) is 0 Å². The molecule has 1 amide bonds. The van der Waals surface area contributed by atoms with Gasteiger partial charge in [0.1, 0.15) is 0 Å². The van der Waals surface area contributed by atoms with Crippen LogP contribution in [0.1, 0.15) is 28.4 Å². The Kier molecular flexibility index (Phi) is 5.32. The molecule has 1 aromatic carbocycles. The van der Waals surface area contributed by atoms with Crippen molar-refractivity contribution in [2.24, 2.45) is 0 Å². The van der Waals surface area contributed by atoms with Crippen LogP contribution in [0.3, 0.4) is 0 Å². The van der Waals surface area contributed by atoms with Crippen molar-refractivity contribution in [3.8, 4) is 0 Å². The predicted octanol–water partition coefficient (Wildman–Crippen LogP) is 2.79. The number of aryl methyl sites for hydroxylation is 1. The van der Waals surface area contributed by atoms with E-state index < -0.39 is 0 Å². The van der Waals surface area contributed by atoms with Crippen molar-refractivity contribution < 1.29 is 4.79 Å². The molecule has 0 saturated heterocycles. The number of rotatable bonds is 6. The number of anilines is 1. The lowest BCUT2D eigenvalue weighted by Gasteiger charge is -2.10. The summed E-state index contributed by atoms with van der Waals surface area (Å²) in [7, 11) is 0. The van der Waals surface area contributed by atoms with Crippen molar-refractivity contribution >= 4 is 11.6 Å². The molecule has 0 aliphatic heterocycles. The summed E-state index contributed by atoms with van der Waals surface area (Å²) in [4.78, 5) is 16.3. The average molecular weight is 283 g/mol. The van der Waals surface area contributed by atoms with Crippen LogP contribution in [-0.4, -0.2) is 24.0 Å². The highest BCUT2D eigenvalue weighted by molar-refractivity contribution is 5.99. The summed E-state index contributed by atoms with van der Waals surface area (Å²) in [5, 5.41) is 6.11. The summed E-state index contributed by atoms with van der Waals surface area (Å²) in [6, 6.07) is 10.1. The van der Waals surface area contributed by atoms with Crippen LogP contribution in [0.25, 0.3) is 0 Å². The zero-order chi connectivity index (χ0) is 15.1. The normalized spacial score (nSPS) is 10.2. The zero-order valence-corrected chi connectivity index (χ0v) is 12.5. The second-order valence-corrected chi connectivity index (χ2v) is 4.95. The Hall–Kier alpha value is -2.36. The Morgan fingerprint density at radius 1 is 1.29 bits per heavy atom. The molecule has 110 valence electrons. The smallest absolute Gasteiger partial charge is 0.253 e. The SMILES string of the molecule is CCNc1cnccc1C(=O)NCCc1cccc(C)c1. The number of carbonyl (C=O) groups excluding carboxylic acids is 1. The molecule has 1 heterocycles. The molecule has 21 heavy (non-hydrogen) atoms. The van der Waals surface area contributed by atoms with Gasteiger partial charge >= 0.3 is 0 Å². The Balaban J connectivity index is 1.93. The monoisotopic (exact) mass is 283 g/mol. The van der Waals surface area contributed by atoms with E-state index in [4.69, 9.17) is 0 Å². The summed E-state index contributed by atoms with van der Waals surface area (Å²) in [5.74, 6) is -0.0685. The van der Waals surface area contributed by atoms with E-state index in [1.807, 2.05) is 13.0 Å². The van der Waals surface area contributed by atoms with Gasteiger partial charge in [0.05, 0.1) is 17.4 Å². The van der Waals surface area contributed by atoms with Crippen molar-refractivity contribution in [1.82, 2.24) is 10.3 Å². The number of amides is 1. The first kappa shape index (κ1) is 15.0. The number of pyridine rings is 1. The van der Waals surface area contributed by atoms with Crippen LogP contribution in [0, 0.1) is 6.92 Å². The maximum atomic E-state index is 12.2. The largest absolute Gasteiger partial charge is 0.383 e. The van der Waals surface area contributed by atoms with Crippen LogP contribution in [0.15, 0.2) is 42.7 Å². The molecule has 0 aliphatic carbocycles. The molecule has 4 heteroatoms. The zero-order valence-electron chi connectivity index (χ0n) is 12.5. The van der Waals surface area contributed by atoms with E-state index in [0.29, 0.717) is 12.1 Å². The Labute approximate surface area is 125 Å². The molecule has 1 aromatic heterocycles. The van der Waals surface area contributed by atoms with Gasteiger partial charge in [0.25, 0.3) is 5.91 Å². The third kappa shape index (κ3) is 4.31. The molecule has 2 N–H and O–H groups in total. The molecule has 4 nitrogen and oxygen atoms in total. The molecule has 0 unspecified atom stereocenters. The van der Waals surface area contributed by atoms with Gasteiger partial charge in [-0.15, -0.1) is 0 Å². The van der Waals surface area contributed by atoms with Crippen molar-refractivity contribution in [2.45, 2.75) is 20.3 Å². The minimum absolute atomic E-state index is 0.0685. The number of hydrogen-bond acceptors (Lipinski definition) is 3. The van der Waals surface area contributed by atoms with Crippen LogP contribution in [-0.2, 0) is 6.42 Å². The molecule has 2 aromatic rings. The summed E-state index contributed by atoms with van der Waals surface area (Å²) in [6.45, 7) is 5.44. The third-order valence-electron chi connectivity index (χ3n) is 3.21. The molecule has 0 bridgehead atoms. The lowest BCUT2D eigenvalue weighted by Crippen LogP contribution is -2.26. The topological polar surface area (TPSA) is 54.0 Å². The standard InChI is InChI=1S/C17H21N3O/c1-3-19-16-12-18-9-8-15(16)17(21)20-10-7-14-6-4-5-13(2)11-14/h4-6,8-9,11-12,19H,3,7,10H2,1-2H3,(H,20,21). The Morgan fingerprint density at radius 3 is 2.90 bits per heavy atom. The summed E-state index contributed by atoms with van der Waals surface area (Å²) in [6.07, 6.45) is 4.14. The molecule has 0 fully saturated rings. The third-order valence-corrected chi connectivity index (χ3v) is 3.21. The highest BCUT2D eigenvalue weighted by Crippen LogP contribution is 2.12. The van der Waals surface area contributed by atoms with E-state index in [9.17, 15) is 4.79 Å². The number of nitrogens with zero attached hydrogens (tertiary/aromatic N) is 1. The fourth-order valence-electron chi connectivity index (χ4n) is 2.21. The van der Waals surface area contributed by atoms with E-state index in [-0.39, 0.29) is 5.91 Å². The highest BCUT2D eigenvalue weighted by atomic mass is 16.1. The molecular weight excluding hydrogens is 262 g/mol. The van der Waals surface area contributed by atoms with E-state index in [0.717, 1.165) is 18.7 Å². The minimum atomic E-state index is -0.0685. The molecule has 0 radical (unpaired) electrons. The first-order valence-corrected chi connectivity index (χ1v) is 7.22. The van der Waals surface area contributed by atoms with Crippen molar-refractivity contribution in [2.75, 3.05) is 18.4 Å². The highest BCUT2D eigenvalue weighted by Gasteiger charge is 2.10. The van der Waals surface area contributed by atoms with Gasteiger partial charge in [-0.1, -0.05) is 29.8 Å². The van der Waals surface area contributed by atoms with E-state index in [1.165, 1.54) is 11.1 Å². The first-order chi connectivity index (χ1) is 10.2. The van der Waals surface area contributed by atoms with E-state index >= 15 is 0 Å². The molecule has 0 saturated carbocycles. The molecule has 0 atom stereocenters. The molecule has 0 aliphatic rings. The van der Waals surface area contributed by atoms with Gasteiger partial charge in [0.2, 0.25) is 0 Å². The van der Waals surface area contributed by atoms with E-state index in [2.05, 4.69) is 40.7 Å². The maximum Gasteiger partial charge on any atom is 0.253 e. The predicted molar refractivity (Wildman–Crippen MR) is 85.6 cm³/mol. The van der Waals surface area contributed by atoms with Crippen LogP contribution >= 0.6 is 0 Å².